The molecule has 1 saturated heterocycles. The topological polar surface area (TPSA) is 78.4 Å². The molecule has 1 heterocycles. The summed E-state index contributed by atoms with van der Waals surface area (Å²) in [6.45, 7) is 0.885. The lowest BCUT2D eigenvalue weighted by Gasteiger charge is -2.15. The Morgan fingerprint density at radius 1 is 1.38 bits per heavy atom. The fraction of sp³-hybridized carbons (Fsp3) is 0.636. The van der Waals surface area contributed by atoms with E-state index in [1.807, 2.05) is 0 Å². The van der Waals surface area contributed by atoms with Crippen molar-refractivity contribution in [3.05, 3.63) is 12.2 Å². The average molecular weight is 224 g/mol. The molecule has 2 rings (SSSR count). The van der Waals surface area contributed by atoms with Gasteiger partial charge in [0.15, 0.2) is 0 Å². The van der Waals surface area contributed by atoms with Gasteiger partial charge in [-0.15, -0.1) is 0 Å². The third kappa shape index (κ3) is 2.41. The van der Waals surface area contributed by atoms with E-state index < -0.39 is 11.9 Å². The summed E-state index contributed by atoms with van der Waals surface area (Å²) in [7, 11) is 0. The Kier molecular flexibility index (Phi) is 3.24. The van der Waals surface area contributed by atoms with Crippen molar-refractivity contribution < 1.29 is 14.7 Å². The summed E-state index contributed by atoms with van der Waals surface area (Å²) in [6, 6.07) is -0.228. The molecule has 3 N–H and O–H groups in total. The number of hydrogen-bond donors (Lipinski definition) is 3. The Bertz CT molecular complexity index is 321. The van der Waals surface area contributed by atoms with Crippen LogP contribution in [0.25, 0.3) is 0 Å². The van der Waals surface area contributed by atoms with Crippen LogP contribution in [-0.2, 0) is 9.59 Å². The van der Waals surface area contributed by atoms with Crippen LogP contribution >= 0.6 is 0 Å². The van der Waals surface area contributed by atoms with Gasteiger partial charge in [0.25, 0.3) is 0 Å². The van der Waals surface area contributed by atoms with Crippen LogP contribution in [0.2, 0.25) is 0 Å². The van der Waals surface area contributed by atoms with Gasteiger partial charge in [0.05, 0.1) is 12.0 Å². The Labute approximate surface area is 93.9 Å². The zero-order valence-electron chi connectivity index (χ0n) is 8.98. The maximum atomic E-state index is 11.7. The molecule has 0 saturated carbocycles. The van der Waals surface area contributed by atoms with Gasteiger partial charge in [0.2, 0.25) is 5.91 Å². The highest BCUT2D eigenvalue weighted by atomic mass is 16.4. The molecule has 2 aliphatic rings. The molecule has 0 aromatic rings. The molecule has 1 aliphatic carbocycles. The molecule has 0 spiro atoms. The fourth-order valence-electron chi connectivity index (χ4n) is 2.18. The maximum Gasteiger partial charge on any atom is 0.310 e. The minimum Gasteiger partial charge on any atom is -0.481 e. The largest absolute Gasteiger partial charge is 0.481 e. The first-order valence-corrected chi connectivity index (χ1v) is 5.61. The van der Waals surface area contributed by atoms with Gasteiger partial charge < -0.3 is 15.7 Å². The van der Waals surface area contributed by atoms with Gasteiger partial charge in [0, 0.05) is 6.04 Å². The van der Waals surface area contributed by atoms with Crippen LogP contribution < -0.4 is 10.6 Å². The van der Waals surface area contributed by atoms with Crippen molar-refractivity contribution in [2.75, 3.05) is 6.54 Å². The van der Waals surface area contributed by atoms with E-state index in [1.165, 1.54) is 0 Å². The first kappa shape index (κ1) is 11.1. The first-order valence-electron chi connectivity index (χ1n) is 5.61. The Hall–Kier alpha value is -1.36. The number of rotatable bonds is 3. The maximum absolute atomic E-state index is 11.7. The van der Waals surface area contributed by atoms with Crippen molar-refractivity contribution in [1.29, 1.82) is 0 Å². The van der Waals surface area contributed by atoms with Gasteiger partial charge in [-0.25, -0.2) is 0 Å². The van der Waals surface area contributed by atoms with Gasteiger partial charge in [-0.05, 0) is 25.8 Å². The highest BCUT2D eigenvalue weighted by molar-refractivity contribution is 5.83. The summed E-state index contributed by atoms with van der Waals surface area (Å²) in [5.41, 5.74) is 0. The quantitative estimate of drug-likeness (QED) is 0.584. The molecule has 5 nitrogen and oxygen atoms in total. The van der Waals surface area contributed by atoms with E-state index in [0.29, 0.717) is 6.42 Å². The second kappa shape index (κ2) is 4.65. The molecular formula is C11H16N2O3. The fourth-order valence-corrected chi connectivity index (χ4v) is 2.18. The minimum atomic E-state index is -0.827. The molecule has 0 aromatic heterocycles. The van der Waals surface area contributed by atoms with E-state index in [2.05, 4.69) is 10.6 Å². The Morgan fingerprint density at radius 2 is 2.19 bits per heavy atom. The first-order chi connectivity index (χ1) is 7.66. The van der Waals surface area contributed by atoms with Crippen LogP contribution in [0, 0.1) is 5.92 Å². The molecule has 88 valence electrons. The van der Waals surface area contributed by atoms with E-state index >= 15 is 0 Å². The van der Waals surface area contributed by atoms with Crippen LogP contribution in [0.4, 0.5) is 0 Å². The van der Waals surface area contributed by atoms with Crippen LogP contribution in [0.1, 0.15) is 19.3 Å². The molecule has 3 atom stereocenters. The number of carboxylic acids is 1. The van der Waals surface area contributed by atoms with E-state index in [9.17, 15) is 9.59 Å². The summed E-state index contributed by atoms with van der Waals surface area (Å²) in [5, 5.41) is 14.8. The van der Waals surface area contributed by atoms with Crippen molar-refractivity contribution in [1.82, 2.24) is 10.6 Å². The zero-order valence-corrected chi connectivity index (χ0v) is 8.98. The summed E-state index contributed by atoms with van der Waals surface area (Å²) >= 11 is 0. The molecule has 1 amide bonds. The number of carbonyl (C=O) groups is 2. The van der Waals surface area contributed by atoms with E-state index in [-0.39, 0.29) is 18.0 Å². The molecule has 0 radical (unpaired) electrons. The average Bonchev–Trinajstić information content (AvgIpc) is 2.87. The van der Waals surface area contributed by atoms with Gasteiger partial charge in [-0.3, -0.25) is 9.59 Å². The van der Waals surface area contributed by atoms with E-state index in [1.54, 1.807) is 12.2 Å². The summed E-state index contributed by atoms with van der Waals surface area (Å²) in [4.78, 5) is 22.4. The Morgan fingerprint density at radius 3 is 2.75 bits per heavy atom. The van der Waals surface area contributed by atoms with Gasteiger partial charge in [0.1, 0.15) is 0 Å². The summed E-state index contributed by atoms with van der Waals surface area (Å²) in [5.74, 6) is -1.30. The lowest BCUT2D eigenvalue weighted by atomic mass is 10.1. The van der Waals surface area contributed by atoms with Gasteiger partial charge >= 0.3 is 5.97 Å². The number of nitrogens with one attached hydrogen (secondary N) is 2. The smallest absolute Gasteiger partial charge is 0.310 e. The van der Waals surface area contributed by atoms with Gasteiger partial charge in [-0.2, -0.15) is 0 Å². The SMILES string of the molecule is O=C(O)C1C=CC(NC(=O)C2CCCN2)C1. The minimum absolute atomic E-state index is 0.0156. The highest BCUT2D eigenvalue weighted by Gasteiger charge is 2.28. The molecular weight excluding hydrogens is 208 g/mol. The monoisotopic (exact) mass is 224 g/mol. The predicted octanol–water partition coefficient (Wildman–Crippen LogP) is -0.116. The van der Waals surface area contributed by atoms with Gasteiger partial charge in [-0.1, -0.05) is 12.2 Å². The van der Waals surface area contributed by atoms with Crippen molar-refractivity contribution in [3.63, 3.8) is 0 Å². The standard InChI is InChI=1S/C11H16N2O3/c14-10(9-2-1-5-12-9)13-8-4-3-7(6-8)11(15)16/h3-4,7-9,12H,1-2,5-6H2,(H,13,14)(H,15,16). The van der Waals surface area contributed by atoms with E-state index in [4.69, 9.17) is 5.11 Å². The predicted molar refractivity (Wildman–Crippen MR) is 57.8 cm³/mol. The molecule has 5 heteroatoms. The lowest BCUT2D eigenvalue weighted by molar-refractivity contribution is -0.140. The van der Waals surface area contributed by atoms with Crippen molar-refractivity contribution in [3.8, 4) is 0 Å². The second-order valence-corrected chi connectivity index (χ2v) is 4.33. The third-order valence-corrected chi connectivity index (χ3v) is 3.11. The van der Waals surface area contributed by atoms with Crippen molar-refractivity contribution >= 4 is 11.9 Å². The normalized spacial score (nSPS) is 32.9. The van der Waals surface area contributed by atoms with Crippen LogP contribution in [0.5, 0.6) is 0 Å². The zero-order chi connectivity index (χ0) is 11.5. The molecule has 1 fully saturated rings. The second-order valence-electron chi connectivity index (χ2n) is 4.33. The van der Waals surface area contributed by atoms with Crippen LogP contribution in [0.3, 0.4) is 0 Å². The lowest BCUT2D eigenvalue weighted by Crippen LogP contribution is -2.44. The number of carbonyl (C=O) groups excluding carboxylic acids is 1. The summed E-state index contributed by atoms with van der Waals surface area (Å²) in [6.07, 6.45) is 5.77. The number of amides is 1. The number of aliphatic carboxylic acids is 1. The number of hydrogen-bond acceptors (Lipinski definition) is 3. The number of carboxylic acid groups (broad SMARTS) is 1. The summed E-state index contributed by atoms with van der Waals surface area (Å²) < 4.78 is 0. The van der Waals surface area contributed by atoms with Crippen LogP contribution in [-0.4, -0.2) is 35.6 Å². The van der Waals surface area contributed by atoms with Crippen LogP contribution in [0.15, 0.2) is 12.2 Å². The molecule has 16 heavy (non-hydrogen) atoms. The van der Waals surface area contributed by atoms with E-state index in [0.717, 1.165) is 19.4 Å². The molecule has 1 aliphatic heterocycles. The van der Waals surface area contributed by atoms with Crippen molar-refractivity contribution in [2.45, 2.75) is 31.3 Å². The third-order valence-electron chi connectivity index (χ3n) is 3.11. The van der Waals surface area contributed by atoms with Crippen molar-refractivity contribution in [2.24, 2.45) is 5.92 Å². The highest BCUT2D eigenvalue weighted by Crippen LogP contribution is 2.18. The Balaban J connectivity index is 1.81. The molecule has 0 bridgehead atoms. The molecule has 3 unspecified atom stereocenters. The molecule has 0 aromatic carbocycles.